The van der Waals surface area contributed by atoms with Crippen LogP contribution in [0.25, 0.3) is 0 Å². The maximum atomic E-state index is 13.0. The molecule has 4 rings (SSSR count). The quantitative estimate of drug-likeness (QED) is 0.860. The normalized spacial score (nSPS) is 22.8. The van der Waals surface area contributed by atoms with Crippen LogP contribution in [-0.2, 0) is 11.2 Å². The number of carbonyl (C=O) groups is 1. The summed E-state index contributed by atoms with van der Waals surface area (Å²) < 4.78 is 13.0. The topological polar surface area (TPSA) is 56.6 Å². The van der Waals surface area contributed by atoms with E-state index in [4.69, 9.17) is 9.47 Å². The molecule has 0 unspecified atom stereocenters. The van der Waals surface area contributed by atoms with Gasteiger partial charge < -0.3 is 14.4 Å². The Morgan fingerprint density at radius 3 is 3.12 bits per heavy atom. The summed E-state index contributed by atoms with van der Waals surface area (Å²) in [6.07, 6.45) is 6.57. The van der Waals surface area contributed by atoms with E-state index in [0.29, 0.717) is 6.61 Å². The number of ether oxygens (including phenoxy) is 2. The number of hydrogen-bond donors (Lipinski definition) is 0. The SMILES string of the molecule is COc1ccc2c(c1)OC[C@@H](C(=O)N1CCC[C@@H](n3cccn3)C1)C2. The summed E-state index contributed by atoms with van der Waals surface area (Å²) in [5.74, 6) is 1.69. The Bertz CT molecular complexity index is 744. The maximum Gasteiger partial charge on any atom is 0.229 e. The summed E-state index contributed by atoms with van der Waals surface area (Å²) >= 11 is 0. The number of rotatable bonds is 3. The maximum absolute atomic E-state index is 13.0. The lowest BCUT2D eigenvalue weighted by molar-refractivity contribution is -0.138. The van der Waals surface area contributed by atoms with E-state index in [0.717, 1.165) is 49.4 Å². The second-order valence-corrected chi connectivity index (χ2v) is 6.75. The fourth-order valence-corrected chi connectivity index (χ4v) is 3.76. The van der Waals surface area contributed by atoms with Crippen LogP contribution in [0.2, 0.25) is 0 Å². The molecule has 132 valence electrons. The highest BCUT2D eigenvalue weighted by atomic mass is 16.5. The molecule has 0 N–H and O–H groups in total. The molecule has 0 aliphatic carbocycles. The highest BCUT2D eigenvalue weighted by Gasteiger charge is 2.32. The standard InChI is InChI=1S/C19H23N3O3/c1-24-17-6-5-14-10-15(13-25-18(14)11-17)19(23)21-8-2-4-16(12-21)22-9-3-7-20-22/h3,5-7,9,11,15-16H,2,4,8,10,12-13H2,1H3/t15-,16+/m0/s1. The monoisotopic (exact) mass is 341 g/mol. The molecule has 1 fully saturated rings. The number of nitrogens with zero attached hydrogens (tertiary/aromatic N) is 3. The van der Waals surface area contributed by atoms with Gasteiger partial charge in [0.25, 0.3) is 0 Å². The van der Waals surface area contributed by atoms with Crippen LogP contribution in [-0.4, -0.2) is 47.4 Å². The van der Waals surface area contributed by atoms with Crippen LogP contribution in [0.3, 0.4) is 0 Å². The molecular formula is C19H23N3O3. The van der Waals surface area contributed by atoms with E-state index in [9.17, 15) is 4.79 Å². The first-order valence-corrected chi connectivity index (χ1v) is 8.82. The van der Waals surface area contributed by atoms with Crippen LogP contribution < -0.4 is 9.47 Å². The highest BCUT2D eigenvalue weighted by molar-refractivity contribution is 5.80. The van der Waals surface area contributed by atoms with Crippen molar-refractivity contribution in [3.05, 3.63) is 42.2 Å². The summed E-state index contributed by atoms with van der Waals surface area (Å²) in [6, 6.07) is 8.01. The van der Waals surface area contributed by atoms with Crippen LogP contribution in [0.15, 0.2) is 36.7 Å². The average Bonchev–Trinajstić information content (AvgIpc) is 3.21. The molecule has 0 spiro atoms. The third kappa shape index (κ3) is 3.21. The summed E-state index contributed by atoms with van der Waals surface area (Å²) in [5.41, 5.74) is 1.08. The fraction of sp³-hybridized carbons (Fsp3) is 0.474. The third-order valence-corrected chi connectivity index (χ3v) is 5.14. The largest absolute Gasteiger partial charge is 0.497 e. The Morgan fingerprint density at radius 2 is 2.32 bits per heavy atom. The van der Waals surface area contributed by atoms with E-state index < -0.39 is 0 Å². The summed E-state index contributed by atoms with van der Waals surface area (Å²) in [4.78, 5) is 15.0. The molecule has 2 aliphatic heterocycles. The van der Waals surface area contributed by atoms with Crippen LogP contribution in [0, 0.1) is 5.92 Å². The van der Waals surface area contributed by atoms with Crippen molar-refractivity contribution in [3.8, 4) is 11.5 Å². The van der Waals surface area contributed by atoms with Crippen molar-refractivity contribution in [3.63, 3.8) is 0 Å². The molecule has 25 heavy (non-hydrogen) atoms. The zero-order valence-electron chi connectivity index (χ0n) is 14.4. The van der Waals surface area contributed by atoms with Crippen molar-refractivity contribution < 1.29 is 14.3 Å². The first kappa shape index (κ1) is 16.0. The predicted octanol–water partition coefficient (Wildman–Crippen LogP) is 2.31. The number of amides is 1. The van der Waals surface area contributed by atoms with Crippen LogP contribution in [0.5, 0.6) is 11.5 Å². The summed E-state index contributed by atoms with van der Waals surface area (Å²) in [7, 11) is 1.64. The van der Waals surface area contributed by atoms with Gasteiger partial charge in [0.05, 0.1) is 19.1 Å². The van der Waals surface area contributed by atoms with Gasteiger partial charge in [0.1, 0.15) is 18.1 Å². The molecule has 1 aromatic heterocycles. The number of piperidine rings is 1. The van der Waals surface area contributed by atoms with Gasteiger partial charge in [0.2, 0.25) is 5.91 Å². The summed E-state index contributed by atoms with van der Waals surface area (Å²) in [6.45, 7) is 1.98. The average molecular weight is 341 g/mol. The van der Waals surface area contributed by atoms with E-state index in [1.54, 1.807) is 13.3 Å². The molecule has 2 aliphatic rings. The molecule has 0 saturated carbocycles. The number of hydrogen-bond acceptors (Lipinski definition) is 4. The van der Waals surface area contributed by atoms with Gasteiger partial charge in [-0.15, -0.1) is 0 Å². The molecule has 3 heterocycles. The molecule has 6 nitrogen and oxygen atoms in total. The Hall–Kier alpha value is -2.50. The Morgan fingerprint density at radius 1 is 1.40 bits per heavy atom. The Labute approximate surface area is 147 Å². The zero-order valence-corrected chi connectivity index (χ0v) is 14.4. The minimum atomic E-state index is -0.114. The molecular weight excluding hydrogens is 318 g/mol. The molecule has 0 bridgehead atoms. The van der Waals surface area contributed by atoms with Crippen molar-refractivity contribution in [1.29, 1.82) is 0 Å². The summed E-state index contributed by atoms with van der Waals surface area (Å²) in [5, 5.41) is 4.33. The van der Waals surface area contributed by atoms with Gasteiger partial charge in [0, 0.05) is 31.5 Å². The Kier molecular flexibility index (Phi) is 4.34. The first-order valence-electron chi connectivity index (χ1n) is 8.82. The minimum Gasteiger partial charge on any atom is -0.497 e. The van der Waals surface area contributed by atoms with E-state index in [1.165, 1.54) is 0 Å². The zero-order chi connectivity index (χ0) is 17.2. The van der Waals surface area contributed by atoms with E-state index in [2.05, 4.69) is 5.10 Å². The number of aromatic nitrogens is 2. The van der Waals surface area contributed by atoms with Gasteiger partial charge in [-0.1, -0.05) is 6.07 Å². The number of carbonyl (C=O) groups excluding carboxylic acids is 1. The smallest absolute Gasteiger partial charge is 0.229 e. The second-order valence-electron chi connectivity index (χ2n) is 6.75. The third-order valence-electron chi connectivity index (χ3n) is 5.14. The van der Waals surface area contributed by atoms with Crippen molar-refractivity contribution in [2.24, 2.45) is 5.92 Å². The molecule has 6 heteroatoms. The van der Waals surface area contributed by atoms with Crippen molar-refractivity contribution >= 4 is 5.91 Å². The lowest BCUT2D eigenvalue weighted by Crippen LogP contribution is -2.46. The highest BCUT2D eigenvalue weighted by Crippen LogP contribution is 2.32. The van der Waals surface area contributed by atoms with Gasteiger partial charge in [-0.2, -0.15) is 5.10 Å². The van der Waals surface area contributed by atoms with Gasteiger partial charge in [0.15, 0.2) is 0 Å². The number of benzene rings is 1. The van der Waals surface area contributed by atoms with Crippen molar-refractivity contribution in [2.45, 2.75) is 25.3 Å². The minimum absolute atomic E-state index is 0.114. The van der Waals surface area contributed by atoms with Crippen LogP contribution in [0.4, 0.5) is 0 Å². The van der Waals surface area contributed by atoms with E-state index in [-0.39, 0.29) is 17.9 Å². The number of likely N-dealkylation sites (tertiary alicyclic amines) is 1. The molecule has 2 atom stereocenters. The molecule has 1 amide bonds. The van der Waals surface area contributed by atoms with Crippen LogP contribution in [0.1, 0.15) is 24.4 Å². The van der Waals surface area contributed by atoms with Gasteiger partial charge in [-0.05, 0) is 37.0 Å². The molecule has 0 radical (unpaired) electrons. The molecule has 1 saturated heterocycles. The van der Waals surface area contributed by atoms with Gasteiger partial charge in [-0.3, -0.25) is 9.48 Å². The lowest BCUT2D eigenvalue weighted by Gasteiger charge is -2.36. The number of methoxy groups -OCH3 is 1. The van der Waals surface area contributed by atoms with Crippen LogP contribution >= 0.6 is 0 Å². The fourth-order valence-electron chi connectivity index (χ4n) is 3.76. The van der Waals surface area contributed by atoms with Gasteiger partial charge >= 0.3 is 0 Å². The number of fused-ring (bicyclic) bond motifs is 1. The van der Waals surface area contributed by atoms with Crippen molar-refractivity contribution in [1.82, 2.24) is 14.7 Å². The predicted molar refractivity (Wildman–Crippen MR) is 92.8 cm³/mol. The van der Waals surface area contributed by atoms with E-state index >= 15 is 0 Å². The Balaban J connectivity index is 1.44. The molecule has 1 aromatic carbocycles. The second kappa shape index (κ2) is 6.78. The first-order chi connectivity index (χ1) is 12.2. The van der Waals surface area contributed by atoms with Gasteiger partial charge in [-0.25, -0.2) is 0 Å². The van der Waals surface area contributed by atoms with Crippen molar-refractivity contribution in [2.75, 3.05) is 26.8 Å². The molecule has 2 aromatic rings. The lowest BCUT2D eigenvalue weighted by atomic mass is 9.94. The van der Waals surface area contributed by atoms with E-state index in [1.807, 2.05) is 40.0 Å².